The Kier molecular flexibility index (Phi) is 4.23. The molecule has 2 aliphatic rings. The van der Waals surface area contributed by atoms with Gasteiger partial charge in [-0.05, 0) is 24.1 Å². The number of aromatic nitrogens is 2. The lowest BCUT2D eigenvalue weighted by Gasteiger charge is -2.36. The van der Waals surface area contributed by atoms with Crippen LogP contribution in [0.1, 0.15) is 43.7 Å². The summed E-state index contributed by atoms with van der Waals surface area (Å²) in [7, 11) is 0. The number of aliphatic hydroxyl groups is 1. The summed E-state index contributed by atoms with van der Waals surface area (Å²) in [5, 5.41) is 17.3. The Labute approximate surface area is 177 Å². The highest BCUT2D eigenvalue weighted by Gasteiger charge is 2.50. The second-order valence-corrected chi connectivity index (χ2v) is 8.47. The summed E-state index contributed by atoms with van der Waals surface area (Å²) in [6.07, 6.45) is -0.278. The highest BCUT2D eigenvalue weighted by molar-refractivity contribution is 6.05. The molecule has 8 heteroatoms. The third kappa shape index (κ3) is 2.79. The van der Waals surface area contributed by atoms with Gasteiger partial charge in [0, 0.05) is 17.7 Å². The first kappa shape index (κ1) is 19.4. The van der Waals surface area contributed by atoms with E-state index in [0.29, 0.717) is 28.0 Å². The van der Waals surface area contributed by atoms with Gasteiger partial charge < -0.3 is 15.7 Å². The van der Waals surface area contributed by atoms with Crippen molar-refractivity contribution in [3.63, 3.8) is 0 Å². The molecule has 0 spiro atoms. The van der Waals surface area contributed by atoms with Crippen LogP contribution < -0.4 is 16.2 Å². The molecule has 0 bridgehead atoms. The van der Waals surface area contributed by atoms with E-state index in [4.69, 9.17) is 4.98 Å². The molecule has 31 heavy (non-hydrogen) atoms. The maximum Gasteiger partial charge on any atom is 0.262 e. The Balaban J connectivity index is 1.70. The second kappa shape index (κ2) is 6.75. The first-order valence-electron chi connectivity index (χ1n) is 10.3. The summed E-state index contributed by atoms with van der Waals surface area (Å²) in [5.41, 5.74) is -0.869. The maximum absolute atomic E-state index is 13.5. The van der Waals surface area contributed by atoms with E-state index in [1.54, 1.807) is 48.5 Å². The number of hydrogen-bond donors (Lipinski definition) is 3. The predicted octanol–water partition coefficient (Wildman–Crippen LogP) is 1.99. The molecule has 3 unspecified atom stereocenters. The predicted molar refractivity (Wildman–Crippen MR) is 114 cm³/mol. The average molecular weight is 418 g/mol. The molecule has 1 aromatic heterocycles. The molecule has 3 heterocycles. The first-order valence-corrected chi connectivity index (χ1v) is 10.3. The van der Waals surface area contributed by atoms with Crippen molar-refractivity contribution in [2.24, 2.45) is 5.92 Å². The minimum absolute atomic E-state index is 0.0113. The fourth-order valence-electron chi connectivity index (χ4n) is 4.55. The lowest BCUT2D eigenvalue weighted by Crippen LogP contribution is -2.51. The summed E-state index contributed by atoms with van der Waals surface area (Å²) >= 11 is 0. The van der Waals surface area contributed by atoms with Crippen molar-refractivity contribution in [1.29, 1.82) is 0 Å². The minimum atomic E-state index is -1.94. The number of para-hydroxylation sites is 2. The molecule has 0 radical (unpaired) electrons. The highest BCUT2D eigenvalue weighted by atomic mass is 16.3. The van der Waals surface area contributed by atoms with Gasteiger partial charge in [0.05, 0.1) is 16.9 Å². The van der Waals surface area contributed by atoms with Crippen molar-refractivity contribution in [1.82, 2.24) is 14.9 Å². The second-order valence-electron chi connectivity index (χ2n) is 8.47. The fourth-order valence-corrected chi connectivity index (χ4v) is 4.55. The topological polar surface area (TPSA) is 113 Å². The molecule has 0 fully saturated rings. The lowest BCUT2D eigenvalue weighted by molar-refractivity contribution is -0.139. The van der Waals surface area contributed by atoms with Gasteiger partial charge in [-0.25, -0.2) is 4.98 Å². The standard InChI is InChI=1S/C23H22N4O4/c1-12(2)18-19-24-15-9-5-3-7-13(15)21(29)27(19)17(20(28)26-18)11-23(31)14-8-4-6-10-16(14)25-22(23)30/h3-10,12,17-18,31H,11H2,1-2H3,(H,25,30)(H,26,28). The van der Waals surface area contributed by atoms with Gasteiger partial charge in [-0.15, -0.1) is 0 Å². The molecule has 0 aliphatic carbocycles. The van der Waals surface area contributed by atoms with Crippen LogP contribution in [0.3, 0.4) is 0 Å². The molecule has 2 aromatic carbocycles. The van der Waals surface area contributed by atoms with Crippen molar-refractivity contribution >= 4 is 28.4 Å². The largest absolute Gasteiger partial charge is 0.375 e. The third-order valence-corrected chi connectivity index (χ3v) is 6.18. The van der Waals surface area contributed by atoms with Crippen molar-refractivity contribution in [3.8, 4) is 0 Å². The van der Waals surface area contributed by atoms with Gasteiger partial charge in [0.2, 0.25) is 5.91 Å². The Morgan fingerprint density at radius 2 is 1.81 bits per heavy atom. The number of benzene rings is 2. The number of amides is 2. The number of carbonyl (C=O) groups excluding carboxylic acids is 2. The molecule has 0 saturated heterocycles. The highest BCUT2D eigenvalue weighted by Crippen LogP contribution is 2.42. The van der Waals surface area contributed by atoms with E-state index in [1.165, 1.54) is 4.57 Å². The van der Waals surface area contributed by atoms with Gasteiger partial charge >= 0.3 is 0 Å². The van der Waals surface area contributed by atoms with Crippen LogP contribution in [0.5, 0.6) is 0 Å². The Bertz CT molecular complexity index is 1300. The molecule has 3 N–H and O–H groups in total. The zero-order valence-corrected chi connectivity index (χ0v) is 17.1. The summed E-state index contributed by atoms with van der Waals surface area (Å²) in [5.74, 6) is -0.617. The lowest BCUT2D eigenvalue weighted by atomic mass is 9.86. The Morgan fingerprint density at radius 1 is 1.10 bits per heavy atom. The number of fused-ring (bicyclic) bond motifs is 3. The van der Waals surface area contributed by atoms with E-state index in [2.05, 4.69) is 10.6 Å². The zero-order valence-electron chi connectivity index (χ0n) is 17.1. The molecular formula is C23H22N4O4. The normalized spacial score (nSPS) is 24.6. The molecule has 3 aromatic rings. The molecular weight excluding hydrogens is 396 g/mol. The minimum Gasteiger partial charge on any atom is -0.375 e. The van der Waals surface area contributed by atoms with E-state index >= 15 is 0 Å². The fraction of sp³-hybridized carbons (Fsp3) is 0.304. The summed E-state index contributed by atoms with van der Waals surface area (Å²) in [6, 6.07) is 12.2. The van der Waals surface area contributed by atoms with Crippen LogP contribution >= 0.6 is 0 Å². The summed E-state index contributed by atoms with van der Waals surface area (Å²) in [4.78, 5) is 44.0. The van der Waals surface area contributed by atoms with Gasteiger partial charge in [-0.1, -0.05) is 44.2 Å². The van der Waals surface area contributed by atoms with Crippen LogP contribution in [0, 0.1) is 5.92 Å². The molecule has 0 saturated carbocycles. The summed E-state index contributed by atoms with van der Waals surface area (Å²) < 4.78 is 1.36. The van der Waals surface area contributed by atoms with E-state index in [-0.39, 0.29) is 17.9 Å². The molecule has 158 valence electrons. The number of rotatable bonds is 3. The van der Waals surface area contributed by atoms with Crippen LogP contribution in [-0.2, 0) is 15.2 Å². The number of carbonyl (C=O) groups is 2. The molecule has 5 rings (SSSR count). The van der Waals surface area contributed by atoms with Crippen LogP contribution in [0.15, 0.2) is 53.3 Å². The molecule has 2 aliphatic heterocycles. The van der Waals surface area contributed by atoms with E-state index in [0.717, 1.165) is 0 Å². The zero-order chi connectivity index (χ0) is 21.9. The van der Waals surface area contributed by atoms with Gasteiger partial charge in [0.25, 0.3) is 11.5 Å². The molecule has 3 atom stereocenters. The van der Waals surface area contributed by atoms with Crippen LogP contribution in [0.2, 0.25) is 0 Å². The van der Waals surface area contributed by atoms with Crippen LogP contribution in [0.4, 0.5) is 5.69 Å². The maximum atomic E-state index is 13.5. The number of nitrogens with one attached hydrogen (secondary N) is 2. The quantitative estimate of drug-likeness (QED) is 0.602. The van der Waals surface area contributed by atoms with E-state index in [9.17, 15) is 19.5 Å². The van der Waals surface area contributed by atoms with Gasteiger partial charge in [0.15, 0.2) is 5.60 Å². The smallest absolute Gasteiger partial charge is 0.262 e. The van der Waals surface area contributed by atoms with Gasteiger partial charge in [0.1, 0.15) is 11.9 Å². The van der Waals surface area contributed by atoms with Crippen molar-refractivity contribution in [2.45, 2.75) is 38.0 Å². The van der Waals surface area contributed by atoms with Gasteiger partial charge in [-0.3, -0.25) is 19.0 Å². The van der Waals surface area contributed by atoms with Crippen LogP contribution in [-0.4, -0.2) is 26.5 Å². The van der Waals surface area contributed by atoms with Crippen molar-refractivity contribution < 1.29 is 14.7 Å². The van der Waals surface area contributed by atoms with E-state index < -0.39 is 29.5 Å². The number of nitrogens with zero attached hydrogens (tertiary/aromatic N) is 2. The van der Waals surface area contributed by atoms with Crippen molar-refractivity contribution in [3.05, 3.63) is 70.3 Å². The number of hydrogen-bond acceptors (Lipinski definition) is 5. The first-order chi connectivity index (χ1) is 14.8. The van der Waals surface area contributed by atoms with Crippen molar-refractivity contribution in [2.75, 3.05) is 5.32 Å². The molecule has 2 amide bonds. The van der Waals surface area contributed by atoms with Crippen LogP contribution in [0.25, 0.3) is 10.9 Å². The monoisotopic (exact) mass is 418 g/mol. The van der Waals surface area contributed by atoms with Gasteiger partial charge in [-0.2, -0.15) is 0 Å². The average Bonchev–Trinajstić information content (AvgIpc) is 3.00. The Morgan fingerprint density at radius 3 is 2.58 bits per heavy atom. The van der Waals surface area contributed by atoms with E-state index in [1.807, 2.05) is 13.8 Å². The summed E-state index contributed by atoms with van der Waals surface area (Å²) in [6.45, 7) is 3.87. The number of anilines is 1. The third-order valence-electron chi connectivity index (χ3n) is 6.18. The molecule has 8 nitrogen and oxygen atoms in total. The Hall–Kier alpha value is -3.52. The SMILES string of the molecule is CC(C)C1NC(=O)C(CC2(O)C(=O)Nc3ccccc32)n2c1nc1ccccc1c2=O.